The lowest BCUT2D eigenvalue weighted by Gasteiger charge is -2.43. The van der Waals surface area contributed by atoms with E-state index in [1.807, 2.05) is 6.07 Å². The Morgan fingerprint density at radius 2 is 2.10 bits per heavy atom. The van der Waals surface area contributed by atoms with Crippen LogP contribution >= 0.6 is 0 Å². The number of ether oxygens (including phenoxy) is 3. The highest BCUT2D eigenvalue weighted by molar-refractivity contribution is 5.54. The molecule has 0 amide bonds. The largest absolute Gasteiger partial charge is 0.461 e. The molecule has 1 aliphatic carbocycles. The molecule has 9 nitrogen and oxygen atoms in total. The highest BCUT2D eigenvalue weighted by Crippen LogP contribution is 2.47. The molecule has 3 fully saturated rings. The molecule has 3 saturated heterocycles. The molecule has 0 radical (unpaired) electrons. The summed E-state index contributed by atoms with van der Waals surface area (Å²) in [6.07, 6.45) is 6.21. The van der Waals surface area contributed by atoms with Crippen LogP contribution in [-0.4, -0.2) is 72.1 Å². The Hall–Kier alpha value is -3.00. The molecule has 0 bridgehead atoms. The van der Waals surface area contributed by atoms with Crippen LogP contribution in [0.25, 0.3) is 0 Å². The van der Waals surface area contributed by atoms with Crippen LogP contribution in [0.3, 0.4) is 0 Å². The number of nitrogen functional groups attached to an aromatic ring is 1. The van der Waals surface area contributed by atoms with E-state index < -0.39 is 11.8 Å². The Balaban J connectivity index is 1.25. The number of alkyl halides is 1. The minimum Gasteiger partial charge on any atom is -0.461 e. The molecule has 4 atom stereocenters. The standard InChI is InChI=1S/C31H39FN6O3/c32-22-15-30(8-2-12-38(30)17-22)20-40-29-35-27-16-31(9-1-4-21-5-6-23(34)14-26(21)31)41-19-25(27)28(36-29)37-11-3-13-39-24(18-37)7-10-33/h5-6,14,22,24H,1-4,7-9,11-13,15-20,34H2/t22-,24?,30+,31+/m1/s1. The first-order valence-corrected chi connectivity index (χ1v) is 15.2. The van der Waals surface area contributed by atoms with Crippen molar-refractivity contribution in [1.29, 1.82) is 5.26 Å². The maximum absolute atomic E-state index is 14.4. The molecule has 1 aromatic carbocycles. The molecule has 7 rings (SSSR count). The fraction of sp³-hybridized carbons (Fsp3) is 0.645. The first kappa shape index (κ1) is 26.9. The fourth-order valence-electron chi connectivity index (χ4n) is 7.88. The predicted molar refractivity (Wildman–Crippen MR) is 151 cm³/mol. The Morgan fingerprint density at radius 1 is 1.17 bits per heavy atom. The monoisotopic (exact) mass is 562 g/mol. The quantitative estimate of drug-likeness (QED) is 0.544. The number of hydrogen-bond donors (Lipinski definition) is 1. The van der Waals surface area contributed by atoms with Gasteiger partial charge >= 0.3 is 6.01 Å². The molecule has 218 valence electrons. The zero-order chi connectivity index (χ0) is 28.0. The summed E-state index contributed by atoms with van der Waals surface area (Å²) in [4.78, 5) is 14.5. The fourth-order valence-corrected chi connectivity index (χ4v) is 7.88. The first-order chi connectivity index (χ1) is 20.0. The second-order valence-corrected chi connectivity index (χ2v) is 12.5. The van der Waals surface area contributed by atoms with E-state index in [0.717, 1.165) is 79.9 Å². The third-order valence-electron chi connectivity index (χ3n) is 9.85. The lowest BCUT2D eigenvalue weighted by molar-refractivity contribution is -0.0855. The minimum absolute atomic E-state index is 0.188. The first-order valence-electron chi connectivity index (χ1n) is 15.2. The van der Waals surface area contributed by atoms with Gasteiger partial charge in [0.15, 0.2) is 0 Å². The van der Waals surface area contributed by atoms with E-state index in [1.54, 1.807) is 0 Å². The molecule has 1 unspecified atom stereocenters. The number of nitrogens with zero attached hydrogens (tertiary/aromatic N) is 5. The van der Waals surface area contributed by atoms with Crippen LogP contribution in [0.4, 0.5) is 15.9 Å². The summed E-state index contributed by atoms with van der Waals surface area (Å²) < 4.78 is 33.6. The van der Waals surface area contributed by atoms with Gasteiger partial charge in [-0.3, -0.25) is 4.90 Å². The molecule has 10 heteroatoms. The van der Waals surface area contributed by atoms with Crippen LogP contribution in [0.2, 0.25) is 0 Å². The topological polar surface area (TPSA) is 110 Å². The average Bonchev–Trinajstić information content (AvgIpc) is 3.38. The van der Waals surface area contributed by atoms with E-state index in [4.69, 9.17) is 29.9 Å². The number of nitrogens with two attached hydrogens (primary N) is 1. The van der Waals surface area contributed by atoms with Gasteiger partial charge in [-0.15, -0.1) is 0 Å². The molecule has 5 heterocycles. The summed E-state index contributed by atoms with van der Waals surface area (Å²) in [6, 6.07) is 8.76. The number of aromatic nitrogens is 2. The highest BCUT2D eigenvalue weighted by Gasteiger charge is 2.50. The molecule has 1 spiro atoms. The molecule has 2 aromatic rings. The Kier molecular flexibility index (Phi) is 7.00. The third kappa shape index (κ3) is 4.92. The number of fused-ring (bicyclic) bond motifs is 4. The van der Waals surface area contributed by atoms with Gasteiger partial charge in [0.1, 0.15) is 18.6 Å². The number of aryl methyl sites for hydroxylation is 1. The average molecular weight is 563 g/mol. The summed E-state index contributed by atoms with van der Waals surface area (Å²) in [5, 5.41) is 9.36. The minimum atomic E-state index is -0.816. The van der Waals surface area contributed by atoms with Gasteiger partial charge in [0.2, 0.25) is 0 Å². The van der Waals surface area contributed by atoms with E-state index in [1.165, 1.54) is 5.56 Å². The van der Waals surface area contributed by atoms with Crippen molar-refractivity contribution in [2.45, 2.75) is 87.8 Å². The zero-order valence-electron chi connectivity index (χ0n) is 23.6. The summed E-state index contributed by atoms with van der Waals surface area (Å²) >= 11 is 0. The van der Waals surface area contributed by atoms with Crippen molar-refractivity contribution in [2.24, 2.45) is 0 Å². The number of hydrogen-bond acceptors (Lipinski definition) is 9. The van der Waals surface area contributed by atoms with E-state index in [-0.39, 0.29) is 11.6 Å². The zero-order valence-corrected chi connectivity index (χ0v) is 23.6. The van der Waals surface area contributed by atoms with Crippen LogP contribution in [0.15, 0.2) is 18.2 Å². The van der Waals surface area contributed by atoms with Crippen molar-refractivity contribution in [2.75, 3.05) is 50.0 Å². The van der Waals surface area contributed by atoms with E-state index in [0.29, 0.717) is 58.2 Å². The number of nitriles is 1. The second-order valence-electron chi connectivity index (χ2n) is 12.5. The Morgan fingerprint density at radius 3 is 3.00 bits per heavy atom. The van der Waals surface area contributed by atoms with Crippen LogP contribution in [0.5, 0.6) is 6.01 Å². The van der Waals surface area contributed by atoms with Crippen LogP contribution < -0.4 is 15.4 Å². The molecule has 1 aromatic heterocycles. The number of anilines is 2. The summed E-state index contributed by atoms with van der Waals surface area (Å²) in [7, 11) is 0. The normalized spacial score (nSPS) is 31.3. The van der Waals surface area contributed by atoms with Crippen molar-refractivity contribution >= 4 is 11.5 Å². The van der Waals surface area contributed by atoms with Crippen molar-refractivity contribution in [3.05, 3.63) is 40.6 Å². The van der Waals surface area contributed by atoms with Gasteiger partial charge in [0.25, 0.3) is 0 Å². The van der Waals surface area contributed by atoms with Crippen LogP contribution in [0, 0.1) is 11.3 Å². The summed E-state index contributed by atoms with van der Waals surface area (Å²) in [5.41, 5.74) is 10.6. The SMILES string of the molecule is N#CCC1CN(c2nc(OC[C@@]34CCCN3C[C@H](F)C4)nc3c2CO[C@@]2(CCCc4ccc(N)cc42)C3)CCCO1. The van der Waals surface area contributed by atoms with Gasteiger partial charge in [-0.25, -0.2) is 4.39 Å². The van der Waals surface area contributed by atoms with E-state index in [9.17, 15) is 9.65 Å². The molecular weight excluding hydrogens is 523 g/mol. The van der Waals surface area contributed by atoms with Gasteiger partial charge in [-0.2, -0.15) is 15.2 Å². The van der Waals surface area contributed by atoms with Gasteiger partial charge in [-0.05, 0) is 68.3 Å². The maximum atomic E-state index is 14.4. The van der Waals surface area contributed by atoms with Crippen LogP contribution in [0.1, 0.15) is 67.3 Å². The smallest absolute Gasteiger partial charge is 0.318 e. The summed E-state index contributed by atoms with van der Waals surface area (Å²) in [5.74, 6) is 0.799. The highest BCUT2D eigenvalue weighted by atomic mass is 19.1. The predicted octanol–water partition coefficient (Wildman–Crippen LogP) is 3.83. The summed E-state index contributed by atoms with van der Waals surface area (Å²) in [6.45, 7) is 4.11. The lowest BCUT2D eigenvalue weighted by atomic mass is 9.74. The van der Waals surface area contributed by atoms with E-state index in [2.05, 4.69) is 28.0 Å². The molecule has 4 aliphatic heterocycles. The lowest BCUT2D eigenvalue weighted by Crippen LogP contribution is -2.44. The van der Waals surface area contributed by atoms with Crippen molar-refractivity contribution in [3.8, 4) is 12.1 Å². The third-order valence-corrected chi connectivity index (χ3v) is 9.85. The van der Waals surface area contributed by atoms with Crippen molar-refractivity contribution < 1.29 is 18.6 Å². The molecule has 5 aliphatic rings. The van der Waals surface area contributed by atoms with Crippen LogP contribution in [-0.2, 0) is 34.5 Å². The Labute approximate surface area is 240 Å². The maximum Gasteiger partial charge on any atom is 0.318 e. The number of benzene rings is 1. The Bertz CT molecular complexity index is 1350. The van der Waals surface area contributed by atoms with Gasteiger partial charge < -0.3 is 24.8 Å². The second kappa shape index (κ2) is 10.7. The number of halogens is 1. The molecular formula is C31H39FN6O3. The van der Waals surface area contributed by atoms with Gasteiger partial charge in [0, 0.05) is 50.3 Å². The van der Waals surface area contributed by atoms with Gasteiger partial charge in [0.05, 0.1) is 42.0 Å². The molecule has 2 N–H and O–H groups in total. The van der Waals surface area contributed by atoms with E-state index >= 15 is 0 Å². The molecule has 0 saturated carbocycles. The number of rotatable bonds is 5. The van der Waals surface area contributed by atoms with Crippen molar-refractivity contribution in [3.63, 3.8) is 0 Å². The molecule has 41 heavy (non-hydrogen) atoms. The van der Waals surface area contributed by atoms with Gasteiger partial charge in [-0.1, -0.05) is 6.07 Å². The van der Waals surface area contributed by atoms with Crippen molar-refractivity contribution in [1.82, 2.24) is 14.9 Å².